The number of anilines is 1. The molecule has 0 aromatic heterocycles. The number of rotatable bonds is 3. The van der Waals surface area contributed by atoms with Crippen molar-refractivity contribution in [2.45, 2.75) is 22.7 Å². The Morgan fingerprint density at radius 2 is 2.06 bits per heavy atom. The van der Waals surface area contributed by atoms with E-state index in [-0.39, 0.29) is 27.9 Å². The average Bonchev–Trinajstić information content (AvgIpc) is 2.14. The van der Waals surface area contributed by atoms with Gasteiger partial charge in [-0.1, -0.05) is 6.07 Å². The standard InChI is InChI=1S/C10H9ClF3NOS/c1-5(16)9(11)8-6(15)3-2-4-7(8)17-10(12,13)14/h2-4,9H,15H2,1H3. The van der Waals surface area contributed by atoms with Crippen molar-refractivity contribution in [1.82, 2.24) is 0 Å². The van der Waals surface area contributed by atoms with Crippen molar-refractivity contribution < 1.29 is 18.0 Å². The molecule has 0 saturated heterocycles. The summed E-state index contributed by atoms with van der Waals surface area (Å²) in [5.74, 6) is -0.450. The molecule has 0 radical (unpaired) electrons. The lowest BCUT2D eigenvalue weighted by Crippen LogP contribution is -2.09. The number of ketones is 1. The van der Waals surface area contributed by atoms with Gasteiger partial charge in [0.15, 0.2) is 5.78 Å². The molecule has 7 heteroatoms. The molecule has 17 heavy (non-hydrogen) atoms. The molecule has 0 amide bonds. The SMILES string of the molecule is CC(=O)C(Cl)c1c(N)cccc1SC(F)(F)F. The maximum Gasteiger partial charge on any atom is 0.446 e. The Kier molecular flexibility index (Phi) is 4.32. The number of benzene rings is 1. The molecule has 0 aliphatic carbocycles. The molecule has 94 valence electrons. The molecular formula is C10H9ClF3NOS. The molecule has 1 atom stereocenters. The van der Waals surface area contributed by atoms with Gasteiger partial charge in [-0.3, -0.25) is 4.79 Å². The number of hydrogen-bond acceptors (Lipinski definition) is 3. The number of thioether (sulfide) groups is 1. The second kappa shape index (κ2) is 5.18. The van der Waals surface area contributed by atoms with Crippen LogP contribution in [0.1, 0.15) is 17.9 Å². The summed E-state index contributed by atoms with van der Waals surface area (Å²) in [6.07, 6.45) is 0. The fourth-order valence-electron chi connectivity index (χ4n) is 1.25. The zero-order chi connectivity index (χ0) is 13.2. The molecule has 0 aliphatic heterocycles. The summed E-state index contributed by atoms with van der Waals surface area (Å²) in [4.78, 5) is 11.0. The molecule has 0 aliphatic rings. The van der Waals surface area contributed by atoms with Crippen LogP contribution in [0.15, 0.2) is 23.1 Å². The minimum atomic E-state index is -4.45. The number of Topliss-reactive ketones (excluding diaryl/α,β-unsaturated/α-hetero) is 1. The van der Waals surface area contributed by atoms with Gasteiger partial charge >= 0.3 is 5.51 Å². The lowest BCUT2D eigenvalue weighted by molar-refractivity contribution is -0.116. The predicted octanol–water partition coefficient (Wildman–Crippen LogP) is 3.75. The molecule has 2 N–H and O–H groups in total. The van der Waals surface area contributed by atoms with Gasteiger partial charge in [-0.25, -0.2) is 0 Å². The van der Waals surface area contributed by atoms with Crippen molar-refractivity contribution in [3.63, 3.8) is 0 Å². The van der Waals surface area contributed by atoms with Gasteiger partial charge in [0.1, 0.15) is 5.38 Å². The largest absolute Gasteiger partial charge is 0.446 e. The van der Waals surface area contributed by atoms with Crippen molar-refractivity contribution in [1.29, 1.82) is 0 Å². The van der Waals surface area contributed by atoms with Crippen LogP contribution in [-0.4, -0.2) is 11.3 Å². The van der Waals surface area contributed by atoms with Gasteiger partial charge in [-0.2, -0.15) is 13.2 Å². The van der Waals surface area contributed by atoms with Gasteiger partial charge in [0.05, 0.1) is 0 Å². The van der Waals surface area contributed by atoms with Crippen molar-refractivity contribution in [3.05, 3.63) is 23.8 Å². The highest BCUT2D eigenvalue weighted by Crippen LogP contribution is 2.43. The number of halogens is 4. The van der Waals surface area contributed by atoms with Gasteiger partial charge in [-0.05, 0) is 30.8 Å². The van der Waals surface area contributed by atoms with Gasteiger partial charge < -0.3 is 5.73 Å². The van der Waals surface area contributed by atoms with Crippen LogP contribution in [0.5, 0.6) is 0 Å². The maximum atomic E-state index is 12.3. The van der Waals surface area contributed by atoms with Gasteiger partial charge in [0, 0.05) is 16.1 Å². The van der Waals surface area contributed by atoms with Crippen molar-refractivity contribution in [2.75, 3.05) is 5.73 Å². The van der Waals surface area contributed by atoms with E-state index in [0.29, 0.717) is 0 Å². The molecule has 0 bridgehead atoms. The lowest BCUT2D eigenvalue weighted by Gasteiger charge is -2.15. The van der Waals surface area contributed by atoms with Crippen molar-refractivity contribution >= 4 is 34.8 Å². The summed E-state index contributed by atoms with van der Waals surface area (Å²) in [7, 11) is 0. The van der Waals surface area contributed by atoms with Gasteiger partial charge in [0.2, 0.25) is 0 Å². The van der Waals surface area contributed by atoms with Crippen molar-refractivity contribution in [2.24, 2.45) is 0 Å². The smallest absolute Gasteiger partial charge is 0.398 e. The first-order valence-electron chi connectivity index (χ1n) is 4.51. The Morgan fingerprint density at radius 3 is 2.53 bits per heavy atom. The quantitative estimate of drug-likeness (QED) is 0.522. The molecule has 0 heterocycles. The molecule has 0 spiro atoms. The number of nitrogens with two attached hydrogens (primary N) is 1. The van der Waals surface area contributed by atoms with E-state index in [2.05, 4.69) is 0 Å². The summed E-state index contributed by atoms with van der Waals surface area (Å²) in [6, 6.07) is 4.03. The first kappa shape index (κ1) is 14.2. The van der Waals surface area contributed by atoms with Crippen LogP contribution in [-0.2, 0) is 4.79 Å². The average molecular weight is 284 g/mol. The van der Waals surface area contributed by atoms with Gasteiger partial charge in [0.25, 0.3) is 0 Å². The van der Waals surface area contributed by atoms with E-state index < -0.39 is 16.7 Å². The Morgan fingerprint density at radius 1 is 1.47 bits per heavy atom. The summed E-state index contributed by atoms with van der Waals surface area (Å²) in [5, 5.41) is -1.17. The molecule has 1 unspecified atom stereocenters. The van der Waals surface area contributed by atoms with Crippen LogP contribution >= 0.6 is 23.4 Å². The van der Waals surface area contributed by atoms with E-state index in [1.165, 1.54) is 25.1 Å². The van der Waals surface area contributed by atoms with E-state index in [1.807, 2.05) is 0 Å². The number of carbonyl (C=O) groups excluding carboxylic acids is 1. The van der Waals surface area contributed by atoms with Crippen LogP contribution < -0.4 is 5.73 Å². The fourth-order valence-corrected chi connectivity index (χ4v) is 2.30. The third kappa shape index (κ3) is 3.81. The number of alkyl halides is 4. The second-order valence-electron chi connectivity index (χ2n) is 3.28. The highest BCUT2D eigenvalue weighted by molar-refractivity contribution is 8.00. The highest BCUT2D eigenvalue weighted by atomic mass is 35.5. The first-order valence-corrected chi connectivity index (χ1v) is 5.76. The topological polar surface area (TPSA) is 43.1 Å². The van der Waals surface area contributed by atoms with Crippen LogP contribution in [0.3, 0.4) is 0 Å². The lowest BCUT2D eigenvalue weighted by atomic mass is 10.1. The van der Waals surface area contributed by atoms with E-state index >= 15 is 0 Å². The molecule has 0 fully saturated rings. The Labute approximate surface area is 105 Å². The Hall–Kier alpha value is -0.880. The zero-order valence-electron chi connectivity index (χ0n) is 8.72. The number of hydrogen-bond donors (Lipinski definition) is 1. The molecular weight excluding hydrogens is 275 g/mol. The summed E-state index contributed by atoms with van der Waals surface area (Å²) < 4.78 is 36.9. The monoisotopic (exact) mass is 283 g/mol. The van der Waals surface area contributed by atoms with E-state index in [0.717, 1.165) is 0 Å². The maximum absolute atomic E-state index is 12.3. The molecule has 1 aromatic carbocycles. The summed E-state index contributed by atoms with van der Waals surface area (Å²) in [5.41, 5.74) is 1.21. The Balaban J connectivity index is 3.22. The minimum Gasteiger partial charge on any atom is -0.398 e. The van der Waals surface area contributed by atoms with Crippen molar-refractivity contribution in [3.8, 4) is 0 Å². The normalized spacial score (nSPS) is 13.5. The predicted molar refractivity (Wildman–Crippen MR) is 62.0 cm³/mol. The number of carbonyl (C=O) groups is 1. The summed E-state index contributed by atoms with van der Waals surface area (Å²) in [6.45, 7) is 1.20. The molecule has 1 aromatic rings. The van der Waals surface area contributed by atoms with E-state index in [9.17, 15) is 18.0 Å². The van der Waals surface area contributed by atoms with E-state index in [4.69, 9.17) is 17.3 Å². The first-order chi connectivity index (χ1) is 7.72. The number of nitrogen functional groups attached to an aromatic ring is 1. The Bertz CT molecular complexity index is 436. The molecule has 1 rings (SSSR count). The third-order valence-corrected chi connectivity index (χ3v) is 3.27. The van der Waals surface area contributed by atoms with Crippen LogP contribution in [0.4, 0.5) is 18.9 Å². The van der Waals surface area contributed by atoms with Crippen LogP contribution in [0.25, 0.3) is 0 Å². The fraction of sp³-hybridized carbons (Fsp3) is 0.300. The highest BCUT2D eigenvalue weighted by Gasteiger charge is 2.32. The third-order valence-electron chi connectivity index (χ3n) is 1.94. The zero-order valence-corrected chi connectivity index (χ0v) is 10.3. The molecule has 2 nitrogen and oxygen atoms in total. The van der Waals surface area contributed by atoms with Crippen LogP contribution in [0, 0.1) is 0 Å². The minimum absolute atomic E-state index is 0.0176. The van der Waals surface area contributed by atoms with Crippen LogP contribution in [0.2, 0.25) is 0 Å². The second-order valence-corrected chi connectivity index (χ2v) is 4.82. The summed E-state index contributed by atoms with van der Waals surface area (Å²) >= 11 is 5.44. The molecule has 0 saturated carbocycles. The van der Waals surface area contributed by atoms with Gasteiger partial charge in [-0.15, -0.1) is 11.6 Å². The van der Waals surface area contributed by atoms with E-state index in [1.54, 1.807) is 0 Å².